The Kier molecular flexibility index (Phi) is 5.95. The normalized spacial score (nSPS) is 15.6. The SMILES string of the molecule is CC[C@H](N[S+]([O-])C(C)(C)C)c1cccc(OC(F)(F)F)c1. The van der Waals surface area contributed by atoms with E-state index in [4.69, 9.17) is 0 Å². The highest BCUT2D eigenvalue weighted by Crippen LogP contribution is 2.28. The third-order valence-corrected chi connectivity index (χ3v) is 4.32. The van der Waals surface area contributed by atoms with Crippen molar-refractivity contribution in [3.63, 3.8) is 0 Å². The van der Waals surface area contributed by atoms with Crippen LogP contribution in [0.5, 0.6) is 5.75 Å². The molecule has 1 aromatic rings. The van der Waals surface area contributed by atoms with E-state index in [1.165, 1.54) is 18.2 Å². The van der Waals surface area contributed by atoms with Gasteiger partial charge in [0.2, 0.25) is 0 Å². The van der Waals surface area contributed by atoms with E-state index in [0.29, 0.717) is 12.0 Å². The fourth-order valence-electron chi connectivity index (χ4n) is 1.62. The van der Waals surface area contributed by atoms with Crippen LogP contribution in [0.3, 0.4) is 0 Å². The fourth-order valence-corrected chi connectivity index (χ4v) is 2.54. The van der Waals surface area contributed by atoms with Crippen LogP contribution in [-0.4, -0.2) is 15.7 Å². The topological polar surface area (TPSA) is 44.3 Å². The van der Waals surface area contributed by atoms with Gasteiger partial charge in [0.15, 0.2) is 0 Å². The van der Waals surface area contributed by atoms with Crippen LogP contribution in [0.2, 0.25) is 0 Å². The van der Waals surface area contributed by atoms with Crippen LogP contribution >= 0.6 is 0 Å². The number of ether oxygens (including phenoxy) is 1. The second-order valence-corrected chi connectivity index (χ2v) is 7.58. The molecule has 0 bridgehead atoms. The van der Waals surface area contributed by atoms with E-state index in [1.807, 2.05) is 27.7 Å². The zero-order chi connectivity index (χ0) is 16.3. The minimum absolute atomic E-state index is 0.276. The van der Waals surface area contributed by atoms with Crippen molar-refractivity contribution in [1.29, 1.82) is 0 Å². The van der Waals surface area contributed by atoms with Crippen LogP contribution in [0, 0.1) is 0 Å². The highest BCUT2D eigenvalue weighted by Gasteiger charge is 2.32. The monoisotopic (exact) mass is 323 g/mol. The van der Waals surface area contributed by atoms with Crippen molar-refractivity contribution in [2.24, 2.45) is 0 Å². The van der Waals surface area contributed by atoms with E-state index in [9.17, 15) is 17.7 Å². The second kappa shape index (κ2) is 6.89. The number of alkyl halides is 3. The van der Waals surface area contributed by atoms with Crippen LogP contribution in [0.1, 0.15) is 45.7 Å². The standard InChI is InChI=1S/C14H20F3NO2S/c1-5-12(18-21(19)13(2,3)4)10-7-6-8-11(9-10)20-14(15,16)17/h6-9,12,18H,5H2,1-4H3/t12-,21?/m0/s1. The molecule has 7 heteroatoms. The number of nitrogens with one attached hydrogen (secondary N) is 1. The molecule has 1 unspecified atom stereocenters. The molecule has 0 saturated carbocycles. The number of rotatable bonds is 5. The predicted octanol–water partition coefficient (Wildman–Crippen LogP) is 4.09. The molecule has 2 atom stereocenters. The minimum Gasteiger partial charge on any atom is -0.598 e. The van der Waals surface area contributed by atoms with Gasteiger partial charge >= 0.3 is 6.36 Å². The van der Waals surface area contributed by atoms with Gasteiger partial charge in [0.1, 0.15) is 10.5 Å². The van der Waals surface area contributed by atoms with E-state index in [2.05, 4.69) is 9.46 Å². The molecule has 0 spiro atoms. The first-order chi connectivity index (χ1) is 9.53. The molecule has 1 rings (SSSR count). The number of halogens is 3. The summed E-state index contributed by atoms with van der Waals surface area (Å²) in [6, 6.07) is 5.42. The molecule has 0 aliphatic rings. The molecule has 1 N–H and O–H groups in total. The molecule has 0 aliphatic heterocycles. The average Bonchev–Trinajstić information content (AvgIpc) is 2.32. The summed E-state index contributed by atoms with van der Waals surface area (Å²) in [6.07, 6.45) is -4.13. The van der Waals surface area contributed by atoms with Gasteiger partial charge in [-0.1, -0.05) is 19.1 Å². The van der Waals surface area contributed by atoms with E-state index >= 15 is 0 Å². The van der Waals surface area contributed by atoms with Gasteiger partial charge in [-0.2, -0.15) is 0 Å². The predicted molar refractivity (Wildman–Crippen MR) is 77.2 cm³/mol. The molecule has 3 nitrogen and oxygen atoms in total. The van der Waals surface area contributed by atoms with Gasteiger partial charge in [-0.15, -0.1) is 17.9 Å². The zero-order valence-corrected chi connectivity index (χ0v) is 13.3. The molecule has 0 heterocycles. The lowest BCUT2D eigenvalue weighted by molar-refractivity contribution is -0.274. The van der Waals surface area contributed by atoms with Crippen molar-refractivity contribution in [2.45, 2.75) is 51.3 Å². The summed E-state index contributed by atoms with van der Waals surface area (Å²) in [6.45, 7) is 7.35. The quantitative estimate of drug-likeness (QED) is 0.830. The Balaban J connectivity index is 2.89. The summed E-state index contributed by atoms with van der Waals surface area (Å²) in [5, 5.41) is 0. The average molecular weight is 323 g/mol. The molecule has 120 valence electrons. The molecule has 0 fully saturated rings. The van der Waals surface area contributed by atoms with E-state index in [1.54, 1.807) is 6.07 Å². The third-order valence-electron chi connectivity index (χ3n) is 2.71. The first kappa shape index (κ1) is 18.1. The van der Waals surface area contributed by atoms with Crippen LogP contribution in [0.25, 0.3) is 0 Å². The van der Waals surface area contributed by atoms with Gasteiger partial charge in [0.05, 0.1) is 6.04 Å². The second-order valence-electron chi connectivity index (χ2n) is 5.58. The first-order valence-corrected chi connectivity index (χ1v) is 7.71. The molecule has 0 saturated heterocycles. The van der Waals surface area contributed by atoms with Crippen molar-refractivity contribution >= 4 is 11.4 Å². The zero-order valence-electron chi connectivity index (χ0n) is 12.5. The molecule has 1 aromatic carbocycles. The Labute approximate surface area is 126 Å². The number of hydrogen-bond acceptors (Lipinski definition) is 3. The molecular formula is C14H20F3NO2S. The summed E-state index contributed by atoms with van der Waals surface area (Å²) in [4.78, 5) is 0. The lowest BCUT2D eigenvalue weighted by Gasteiger charge is -2.27. The van der Waals surface area contributed by atoms with Gasteiger partial charge in [-0.05, 0) is 44.9 Å². The Bertz CT molecular complexity index is 460. The van der Waals surface area contributed by atoms with Crippen LogP contribution in [0.15, 0.2) is 24.3 Å². The van der Waals surface area contributed by atoms with Gasteiger partial charge in [-0.25, -0.2) is 0 Å². The Morgan fingerprint density at radius 1 is 1.29 bits per heavy atom. The molecular weight excluding hydrogens is 303 g/mol. The van der Waals surface area contributed by atoms with E-state index in [0.717, 1.165) is 0 Å². The van der Waals surface area contributed by atoms with Gasteiger partial charge < -0.3 is 9.29 Å². The lowest BCUT2D eigenvalue weighted by atomic mass is 10.1. The van der Waals surface area contributed by atoms with Gasteiger partial charge in [0.25, 0.3) is 0 Å². The Morgan fingerprint density at radius 3 is 2.38 bits per heavy atom. The van der Waals surface area contributed by atoms with Crippen molar-refractivity contribution < 1.29 is 22.5 Å². The third kappa shape index (κ3) is 6.15. The summed E-state index contributed by atoms with van der Waals surface area (Å²) in [5.41, 5.74) is 0.608. The maximum Gasteiger partial charge on any atom is 0.573 e. The van der Waals surface area contributed by atoms with Crippen molar-refractivity contribution in [2.75, 3.05) is 0 Å². The van der Waals surface area contributed by atoms with Crippen LogP contribution in [-0.2, 0) is 11.4 Å². The van der Waals surface area contributed by atoms with E-state index < -0.39 is 22.5 Å². The molecule has 0 radical (unpaired) electrons. The summed E-state index contributed by atoms with van der Waals surface area (Å²) in [7, 11) is 0. The largest absolute Gasteiger partial charge is 0.598 e. The molecule has 0 aromatic heterocycles. The van der Waals surface area contributed by atoms with Crippen LogP contribution < -0.4 is 9.46 Å². The lowest BCUT2D eigenvalue weighted by Crippen LogP contribution is -2.41. The maximum atomic E-state index is 12.2. The van der Waals surface area contributed by atoms with Gasteiger partial charge in [-0.3, -0.25) is 0 Å². The number of hydrogen-bond donors (Lipinski definition) is 1. The Morgan fingerprint density at radius 2 is 1.90 bits per heavy atom. The summed E-state index contributed by atoms with van der Waals surface area (Å²) >= 11 is -1.31. The van der Waals surface area contributed by atoms with Crippen molar-refractivity contribution in [3.05, 3.63) is 29.8 Å². The van der Waals surface area contributed by atoms with Crippen LogP contribution in [0.4, 0.5) is 13.2 Å². The minimum atomic E-state index is -4.72. The Hall–Kier alpha value is -0.920. The van der Waals surface area contributed by atoms with Crippen molar-refractivity contribution in [3.8, 4) is 5.75 Å². The molecule has 0 aliphatic carbocycles. The van der Waals surface area contributed by atoms with Gasteiger partial charge in [0, 0.05) is 11.4 Å². The summed E-state index contributed by atoms with van der Waals surface area (Å²) in [5.74, 6) is -0.276. The fraction of sp³-hybridized carbons (Fsp3) is 0.571. The smallest absolute Gasteiger partial charge is 0.573 e. The van der Waals surface area contributed by atoms with E-state index in [-0.39, 0.29) is 11.8 Å². The van der Waals surface area contributed by atoms with Crippen molar-refractivity contribution in [1.82, 2.24) is 4.72 Å². The number of benzene rings is 1. The first-order valence-electron chi connectivity index (χ1n) is 6.56. The molecule has 21 heavy (non-hydrogen) atoms. The maximum absolute atomic E-state index is 12.2. The highest BCUT2D eigenvalue weighted by molar-refractivity contribution is 7.90. The summed E-state index contributed by atoms with van der Waals surface area (Å²) < 4.78 is 55.2. The highest BCUT2D eigenvalue weighted by atomic mass is 32.2. The molecule has 0 amide bonds.